The highest BCUT2D eigenvalue weighted by Crippen LogP contribution is 2.08. The van der Waals surface area contributed by atoms with Crippen LogP contribution in [0.4, 0.5) is 0 Å². The second-order valence-corrected chi connectivity index (χ2v) is 2.93. The Labute approximate surface area is 77.4 Å². The monoisotopic (exact) mass is 179 g/mol. The summed E-state index contributed by atoms with van der Waals surface area (Å²) < 4.78 is 0. The Kier molecular flexibility index (Phi) is 3.43. The van der Waals surface area contributed by atoms with Crippen LogP contribution in [0.3, 0.4) is 0 Å². The van der Waals surface area contributed by atoms with Gasteiger partial charge in [-0.15, -0.1) is 0 Å². The number of hydrogen-bond acceptors (Lipinski definition) is 2. The molecule has 0 saturated carbocycles. The molecule has 0 amide bonds. The highest BCUT2D eigenvalue weighted by Gasteiger charge is 2.05. The predicted octanol–water partition coefficient (Wildman–Crippen LogP) is 1.66. The first-order chi connectivity index (χ1) is 6.24. The third kappa shape index (κ3) is 2.86. The summed E-state index contributed by atoms with van der Waals surface area (Å²) in [6, 6.07) is 3.60. The average Bonchev–Trinajstić information content (AvgIpc) is 2.08. The van der Waals surface area contributed by atoms with Gasteiger partial charge >= 0.3 is 5.97 Å². The second kappa shape index (κ2) is 4.60. The molecule has 0 fully saturated rings. The van der Waals surface area contributed by atoms with Gasteiger partial charge in [0.25, 0.3) is 0 Å². The van der Waals surface area contributed by atoms with E-state index in [1.54, 1.807) is 12.3 Å². The molecule has 0 aliphatic carbocycles. The maximum absolute atomic E-state index is 10.5. The van der Waals surface area contributed by atoms with E-state index in [4.69, 9.17) is 5.11 Å². The molecule has 0 atom stereocenters. The molecular weight excluding hydrogens is 166 g/mol. The lowest BCUT2D eigenvalue weighted by Gasteiger charge is -2.03. The minimum absolute atomic E-state index is 0.0726. The Bertz CT molecular complexity index is 297. The van der Waals surface area contributed by atoms with Crippen LogP contribution in [0, 0.1) is 0 Å². The first kappa shape index (κ1) is 9.71. The van der Waals surface area contributed by atoms with Gasteiger partial charge in [-0.05, 0) is 18.1 Å². The predicted molar refractivity (Wildman–Crippen MR) is 49.6 cm³/mol. The smallest absolute Gasteiger partial charge is 0.307 e. The van der Waals surface area contributed by atoms with Gasteiger partial charge in [0.15, 0.2) is 0 Å². The molecule has 0 aliphatic rings. The van der Waals surface area contributed by atoms with Crippen molar-refractivity contribution in [1.29, 1.82) is 0 Å². The molecule has 0 spiro atoms. The van der Waals surface area contributed by atoms with E-state index in [9.17, 15) is 4.79 Å². The largest absolute Gasteiger partial charge is 0.481 e. The third-order valence-corrected chi connectivity index (χ3v) is 1.81. The van der Waals surface area contributed by atoms with Gasteiger partial charge in [0, 0.05) is 11.9 Å². The zero-order chi connectivity index (χ0) is 9.68. The molecule has 0 unspecified atom stereocenters. The van der Waals surface area contributed by atoms with E-state index in [0.717, 1.165) is 24.1 Å². The summed E-state index contributed by atoms with van der Waals surface area (Å²) in [5, 5.41) is 8.63. The number of pyridine rings is 1. The van der Waals surface area contributed by atoms with E-state index in [1.165, 1.54) is 0 Å². The fourth-order valence-electron chi connectivity index (χ4n) is 1.26. The molecule has 1 heterocycles. The summed E-state index contributed by atoms with van der Waals surface area (Å²) in [4.78, 5) is 14.7. The number of aryl methyl sites for hydroxylation is 1. The van der Waals surface area contributed by atoms with Crippen molar-refractivity contribution in [3.8, 4) is 0 Å². The van der Waals surface area contributed by atoms with Crippen LogP contribution in [0.1, 0.15) is 24.6 Å². The number of hydrogen-bond donors (Lipinski definition) is 1. The van der Waals surface area contributed by atoms with Crippen LogP contribution in [-0.4, -0.2) is 16.1 Å². The number of carbonyl (C=O) groups is 1. The SMILES string of the molecule is CCCc1ncccc1CC(=O)O. The summed E-state index contributed by atoms with van der Waals surface area (Å²) in [5.74, 6) is -0.801. The molecular formula is C10H13NO2. The van der Waals surface area contributed by atoms with Crippen LogP contribution >= 0.6 is 0 Å². The Balaban J connectivity index is 2.84. The van der Waals surface area contributed by atoms with Gasteiger partial charge in [-0.1, -0.05) is 19.4 Å². The third-order valence-electron chi connectivity index (χ3n) is 1.81. The molecule has 0 radical (unpaired) electrons. The van der Waals surface area contributed by atoms with Gasteiger partial charge in [0.2, 0.25) is 0 Å². The molecule has 0 aliphatic heterocycles. The minimum Gasteiger partial charge on any atom is -0.481 e. The lowest BCUT2D eigenvalue weighted by atomic mass is 10.1. The minimum atomic E-state index is -0.801. The Hall–Kier alpha value is -1.38. The molecule has 3 heteroatoms. The van der Waals surface area contributed by atoms with Crippen LogP contribution in [0.2, 0.25) is 0 Å². The van der Waals surface area contributed by atoms with Crippen molar-refractivity contribution in [1.82, 2.24) is 4.98 Å². The van der Waals surface area contributed by atoms with Crippen molar-refractivity contribution in [2.45, 2.75) is 26.2 Å². The Morgan fingerprint density at radius 3 is 3.00 bits per heavy atom. The molecule has 1 aromatic heterocycles. The molecule has 0 saturated heterocycles. The number of rotatable bonds is 4. The van der Waals surface area contributed by atoms with Gasteiger partial charge in [-0.25, -0.2) is 0 Å². The van der Waals surface area contributed by atoms with Gasteiger partial charge in [-0.3, -0.25) is 9.78 Å². The van der Waals surface area contributed by atoms with Gasteiger partial charge in [0.1, 0.15) is 0 Å². The Morgan fingerprint density at radius 2 is 2.38 bits per heavy atom. The van der Waals surface area contributed by atoms with Crippen molar-refractivity contribution >= 4 is 5.97 Å². The van der Waals surface area contributed by atoms with Crippen molar-refractivity contribution < 1.29 is 9.90 Å². The fourth-order valence-corrected chi connectivity index (χ4v) is 1.26. The van der Waals surface area contributed by atoms with Gasteiger partial charge in [-0.2, -0.15) is 0 Å². The number of carboxylic acids is 1. The lowest BCUT2D eigenvalue weighted by molar-refractivity contribution is -0.136. The van der Waals surface area contributed by atoms with Gasteiger partial charge < -0.3 is 5.11 Å². The van der Waals surface area contributed by atoms with Crippen LogP contribution in [0.5, 0.6) is 0 Å². The molecule has 1 aromatic rings. The van der Waals surface area contributed by atoms with E-state index in [1.807, 2.05) is 6.07 Å². The normalized spacial score (nSPS) is 9.92. The zero-order valence-corrected chi connectivity index (χ0v) is 7.66. The molecule has 70 valence electrons. The van der Waals surface area contributed by atoms with Crippen molar-refractivity contribution in [2.24, 2.45) is 0 Å². The number of aromatic nitrogens is 1. The average molecular weight is 179 g/mol. The zero-order valence-electron chi connectivity index (χ0n) is 7.66. The molecule has 0 bridgehead atoms. The number of carboxylic acid groups (broad SMARTS) is 1. The number of aliphatic carboxylic acids is 1. The highest BCUT2D eigenvalue weighted by atomic mass is 16.4. The standard InChI is InChI=1S/C10H13NO2/c1-2-4-9-8(7-10(12)13)5-3-6-11-9/h3,5-6H,2,4,7H2,1H3,(H,12,13). The highest BCUT2D eigenvalue weighted by molar-refractivity contribution is 5.70. The van der Waals surface area contributed by atoms with E-state index in [0.29, 0.717) is 0 Å². The van der Waals surface area contributed by atoms with E-state index >= 15 is 0 Å². The summed E-state index contributed by atoms with van der Waals surface area (Å²) in [6.07, 6.45) is 3.62. The molecule has 1 rings (SSSR count). The van der Waals surface area contributed by atoms with Crippen LogP contribution in [0.25, 0.3) is 0 Å². The fraction of sp³-hybridized carbons (Fsp3) is 0.400. The van der Waals surface area contributed by atoms with Crippen LogP contribution in [0.15, 0.2) is 18.3 Å². The number of nitrogens with zero attached hydrogens (tertiary/aromatic N) is 1. The van der Waals surface area contributed by atoms with Crippen LogP contribution < -0.4 is 0 Å². The van der Waals surface area contributed by atoms with Gasteiger partial charge in [0.05, 0.1) is 6.42 Å². The summed E-state index contributed by atoms with van der Waals surface area (Å²) >= 11 is 0. The first-order valence-corrected chi connectivity index (χ1v) is 4.38. The quantitative estimate of drug-likeness (QED) is 0.764. The first-order valence-electron chi connectivity index (χ1n) is 4.38. The molecule has 1 N–H and O–H groups in total. The molecule has 13 heavy (non-hydrogen) atoms. The lowest BCUT2D eigenvalue weighted by Crippen LogP contribution is -2.04. The molecule has 0 aromatic carbocycles. The van der Waals surface area contributed by atoms with E-state index in [2.05, 4.69) is 11.9 Å². The topological polar surface area (TPSA) is 50.2 Å². The second-order valence-electron chi connectivity index (χ2n) is 2.93. The van der Waals surface area contributed by atoms with E-state index < -0.39 is 5.97 Å². The Morgan fingerprint density at radius 1 is 1.62 bits per heavy atom. The maximum Gasteiger partial charge on any atom is 0.307 e. The van der Waals surface area contributed by atoms with E-state index in [-0.39, 0.29) is 6.42 Å². The van der Waals surface area contributed by atoms with Crippen molar-refractivity contribution in [3.05, 3.63) is 29.6 Å². The maximum atomic E-state index is 10.5. The summed E-state index contributed by atoms with van der Waals surface area (Å²) in [6.45, 7) is 2.05. The van der Waals surface area contributed by atoms with Crippen molar-refractivity contribution in [3.63, 3.8) is 0 Å². The molecule has 3 nitrogen and oxygen atoms in total. The van der Waals surface area contributed by atoms with Crippen molar-refractivity contribution in [2.75, 3.05) is 0 Å². The summed E-state index contributed by atoms with van der Waals surface area (Å²) in [5.41, 5.74) is 1.74. The summed E-state index contributed by atoms with van der Waals surface area (Å²) in [7, 11) is 0. The van der Waals surface area contributed by atoms with Crippen LogP contribution in [-0.2, 0) is 17.6 Å².